The van der Waals surface area contributed by atoms with Crippen LogP contribution in [0.25, 0.3) is 22.6 Å². The van der Waals surface area contributed by atoms with Crippen molar-refractivity contribution in [3.05, 3.63) is 47.5 Å². The van der Waals surface area contributed by atoms with Gasteiger partial charge in [0.1, 0.15) is 11.3 Å². The number of hydrogen-bond donors (Lipinski definition) is 0. The van der Waals surface area contributed by atoms with E-state index in [0.717, 1.165) is 11.6 Å². The predicted octanol–water partition coefficient (Wildman–Crippen LogP) is 4.83. The summed E-state index contributed by atoms with van der Waals surface area (Å²) in [5, 5.41) is 0. The van der Waals surface area contributed by atoms with Crippen LogP contribution < -0.4 is 4.74 Å². The maximum absolute atomic E-state index is 13.1. The number of methoxy groups -OCH3 is 1. The summed E-state index contributed by atoms with van der Waals surface area (Å²) in [6.45, 7) is 1.91. The molecule has 22 heavy (non-hydrogen) atoms. The number of benzene rings is 2. The zero-order valence-electron chi connectivity index (χ0n) is 11.9. The van der Waals surface area contributed by atoms with E-state index in [1.165, 1.54) is 19.2 Å². The second-order valence-electron chi connectivity index (χ2n) is 4.90. The molecule has 3 aromatic rings. The van der Waals surface area contributed by atoms with Gasteiger partial charge in [-0.3, -0.25) is 0 Å². The average Bonchev–Trinajstić information content (AvgIpc) is 2.88. The largest absolute Gasteiger partial charge is 0.496 e. The Labute approximate surface area is 124 Å². The van der Waals surface area contributed by atoms with E-state index in [9.17, 15) is 13.2 Å². The number of hydrogen-bond acceptors (Lipinski definition) is 3. The first-order valence-corrected chi connectivity index (χ1v) is 6.51. The molecule has 0 amide bonds. The molecule has 0 radical (unpaired) electrons. The molecule has 0 unspecified atom stereocenters. The summed E-state index contributed by atoms with van der Waals surface area (Å²) >= 11 is 0. The Kier molecular flexibility index (Phi) is 3.31. The van der Waals surface area contributed by atoms with Crippen LogP contribution in [0.15, 0.2) is 40.8 Å². The fourth-order valence-electron chi connectivity index (χ4n) is 2.22. The van der Waals surface area contributed by atoms with Gasteiger partial charge < -0.3 is 9.15 Å². The highest BCUT2D eigenvalue weighted by Gasteiger charge is 2.35. The highest BCUT2D eigenvalue weighted by molar-refractivity contribution is 5.77. The summed E-state index contributed by atoms with van der Waals surface area (Å²) in [7, 11) is 1.20. The van der Waals surface area contributed by atoms with Gasteiger partial charge in [0.15, 0.2) is 5.58 Å². The van der Waals surface area contributed by atoms with E-state index in [0.29, 0.717) is 11.1 Å². The summed E-state index contributed by atoms with van der Waals surface area (Å²) < 4.78 is 49.5. The van der Waals surface area contributed by atoms with Crippen molar-refractivity contribution in [2.45, 2.75) is 13.1 Å². The molecule has 2 aromatic carbocycles. The molecule has 0 atom stereocenters. The third-order valence-electron chi connectivity index (χ3n) is 3.29. The smallest absolute Gasteiger partial charge is 0.419 e. The molecule has 0 spiro atoms. The van der Waals surface area contributed by atoms with Crippen molar-refractivity contribution < 1.29 is 22.3 Å². The second-order valence-corrected chi connectivity index (χ2v) is 4.90. The topological polar surface area (TPSA) is 35.3 Å². The Morgan fingerprint density at radius 2 is 1.86 bits per heavy atom. The average molecular weight is 307 g/mol. The number of alkyl halides is 3. The standard InChI is InChI=1S/C16H12F3NO2/c1-9-3-5-14-12(7-9)20-15(22-14)10-4-6-13(21-2)11(8-10)16(17,18)19/h3-8H,1-2H3. The molecular formula is C16H12F3NO2. The van der Waals surface area contributed by atoms with Gasteiger partial charge in [0.25, 0.3) is 0 Å². The van der Waals surface area contributed by atoms with E-state index in [2.05, 4.69) is 4.98 Å². The van der Waals surface area contributed by atoms with Gasteiger partial charge in [0, 0.05) is 5.56 Å². The van der Waals surface area contributed by atoms with Crippen LogP contribution in [0, 0.1) is 6.92 Å². The van der Waals surface area contributed by atoms with Crippen LogP contribution >= 0.6 is 0 Å². The lowest BCUT2D eigenvalue weighted by atomic mass is 10.1. The van der Waals surface area contributed by atoms with Crippen LogP contribution in [-0.2, 0) is 6.18 Å². The minimum atomic E-state index is -4.51. The van der Waals surface area contributed by atoms with E-state index in [1.807, 2.05) is 19.1 Å². The maximum Gasteiger partial charge on any atom is 0.419 e. The van der Waals surface area contributed by atoms with Crippen molar-refractivity contribution in [1.82, 2.24) is 4.98 Å². The molecule has 0 aliphatic carbocycles. The summed E-state index contributed by atoms with van der Waals surface area (Å²) in [6.07, 6.45) is -4.51. The van der Waals surface area contributed by atoms with Crippen LogP contribution in [0.5, 0.6) is 5.75 Å². The normalized spacial score (nSPS) is 11.9. The summed E-state index contributed by atoms with van der Waals surface area (Å²) in [5.74, 6) is -0.0861. The minimum absolute atomic E-state index is 0.147. The first kappa shape index (κ1) is 14.4. The zero-order chi connectivity index (χ0) is 15.9. The third kappa shape index (κ3) is 2.52. The molecule has 6 heteroatoms. The molecule has 0 aliphatic heterocycles. The number of aromatic nitrogens is 1. The van der Waals surface area contributed by atoms with Gasteiger partial charge in [0.05, 0.1) is 12.7 Å². The Morgan fingerprint density at radius 1 is 1.09 bits per heavy atom. The highest BCUT2D eigenvalue weighted by Crippen LogP contribution is 2.38. The monoisotopic (exact) mass is 307 g/mol. The van der Waals surface area contributed by atoms with Gasteiger partial charge >= 0.3 is 6.18 Å². The van der Waals surface area contributed by atoms with Gasteiger partial charge in [-0.05, 0) is 42.8 Å². The fourth-order valence-corrected chi connectivity index (χ4v) is 2.22. The quantitative estimate of drug-likeness (QED) is 0.680. The lowest BCUT2D eigenvalue weighted by Crippen LogP contribution is -2.07. The molecule has 3 nitrogen and oxygen atoms in total. The lowest BCUT2D eigenvalue weighted by Gasteiger charge is -2.12. The van der Waals surface area contributed by atoms with Crippen molar-refractivity contribution in [2.75, 3.05) is 7.11 Å². The molecule has 0 bridgehead atoms. The van der Waals surface area contributed by atoms with E-state index < -0.39 is 11.7 Å². The summed E-state index contributed by atoms with van der Waals surface area (Å²) in [5.41, 5.74) is 1.54. The van der Waals surface area contributed by atoms with Crippen LogP contribution in [0.4, 0.5) is 13.2 Å². The Bertz CT molecular complexity index is 837. The minimum Gasteiger partial charge on any atom is -0.496 e. The number of halogens is 3. The van der Waals surface area contributed by atoms with E-state index in [1.54, 1.807) is 6.07 Å². The Hall–Kier alpha value is -2.50. The highest BCUT2D eigenvalue weighted by atomic mass is 19.4. The van der Waals surface area contributed by atoms with Crippen molar-refractivity contribution in [1.29, 1.82) is 0 Å². The SMILES string of the molecule is COc1ccc(-c2nc3cc(C)ccc3o2)cc1C(F)(F)F. The number of fused-ring (bicyclic) bond motifs is 1. The first-order valence-electron chi connectivity index (χ1n) is 6.51. The summed E-state index contributed by atoms with van der Waals surface area (Å²) in [4.78, 5) is 4.25. The van der Waals surface area contributed by atoms with E-state index in [4.69, 9.17) is 9.15 Å². The first-order chi connectivity index (χ1) is 10.4. The van der Waals surface area contributed by atoms with E-state index in [-0.39, 0.29) is 17.2 Å². The number of ether oxygens (including phenoxy) is 1. The number of rotatable bonds is 2. The van der Waals surface area contributed by atoms with Gasteiger partial charge in [-0.1, -0.05) is 6.07 Å². The van der Waals surface area contributed by atoms with Crippen LogP contribution in [0.1, 0.15) is 11.1 Å². The van der Waals surface area contributed by atoms with Gasteiger partial charge in [0.2, 0.25) is 5.89 Å². The van der Waals surface area contributed by atoms with Crippen molar-refractivity contribution in [2.24, 2.45) is 0 Å². The molecule has 0 fully saturated rings. The van der Waals surface area contributed by atoms with E-state index >= 15 is 0 Å². The number of aryl methyl sites for hydroxylation is 1. The lowest BCUT2D eigenvalue weighted by molar-refractivity contribution is -0.138. The molecule has 1 heterocycles. The number of nitrogens with zero attached hydrogens (tertiary/aromatic N) is 1. The maximum atomic E-state index is 13.1. The fraction of sp³-hybridized carbons (Fsp3) is 0.188. The van der Waals surface area contributed by atoms with Crippen LogP contribution in [0.2, 0.25) is 0 Å². The molecule has 3 rings (SSSR count). The molecular weight excluding hydrogens is 295 g/mol. The van der Waals surface area contributed by atoms with Gasteiger partial charge in [-0.25, -0.2) is 4.98 Å². The second kappa shape index (κ2) is 5.05. The number of oxazole rings is 1. The Balaban J connectivity index is 2.14. The van der Waals surface area contributed by atoms with Crippen molar-refractivity contribution in [3.8, 4) is 17.2 Å². The van der Waals surface area contributed by atoms with Gasteiger partial charge in [-0.2, -0.15) is 13.2 Å². The molecule has 0 aliphatic rings. The molecule has 0 saturated heterocycles. The van der Waals surface area contributed by atoms with Crippen molar-refractivity contribution >= 4 is 11.1 Å². The molecule has 0 saturated carbocycles. The van der Waals surface area contributed by atoms with Crippen LogP contribution in [0.3, 0.4) is 0 Å². The summed E-state index contributed by atoms with van der Waals surface area (Å²) in [6, 6.07) is 9.15. The Morgan fingerprint density at radius 3 is 2.55 bits per heavy atom. The third-order valence-corrected chi connectivity index (χ3v) is 3.29. The molecule has 114 valence electrons. The zero-order valence-corrected chi connectivity index (χ0v) is 11.9. The van der Waals surface area contributed by atoms with Gasteiger partial charge in [-0.15, -0.1) is 0 Å². The predicted molar refractivity (Wildman–Crippen MR) is 75.7 cm³/mol. The van der Waals surface area contributed by atoms with Crippen molar-refractivity contribution in [3.63, 3.8) is 0 Å². The molecule has 1 aromatic heterocycles. The molecule has 0 N–H and O–H groups in total. The van der Waals surface area contributed by atoms with Crippen LogP contribution in [-0.4, -0.2) is 12.1 Å².